The van der Waals surface area contributed by atoms with Crippen molar-refractivity contribution in [1.29, 1.82) is 0 Å². The lowest BCUT2D eigenvalue weighted by Crippen LogP contribution is -2.31. The van der Waals surface area contributed by atoms with E-state index in [1.54, 1.807) is 6.20 Å². The minimum absolute atomic E-state index is 0.103. The highest BCUT2D eigenvalue weighted by molar-refractivity contribution is 9.10. The summed E-state index contributed by atoms with van der Waals surface area (Å²) in [5, 5.41) is 7.26. The predicted octanol–water partition coefficient (Wildman–Crippen LogP) is 1.99. The Labute approximate surface area is 129 Å². The first-order valence-corrected chi connectivity index (χ1v) is 9.24. The zero-order valence-electron chi connectivity index (χ0n) is 11.6. The monoisotopic (exact) mass is 361 g/mol. The van der Waals surface area contributed by atoms with E-state index in [0.29, 0.717) is 40.7 Å². The molecule has 1 fully saturated rings. The van der Waals surface area contributed by atoms with Gasteiger partial charge in [-0.3, -0.25) is 9.00 Å². The van der Waals surface area contributed by atoms with Crippen LogP contribution in [0.1, 0.15) is 26.2 Å². The molecule has 7 heteroatoms. The maximum absolute atomic E-state index is 12.3. The summed E-state index contributed by atoms with van der Waals surface area (Å²) in [5.41, 5.74) is 0.418. The largest absolute Gasteiger partial charge is 0.379 e. The fourth-order valence-electron chi connectivity index (χ4n) is 2.11. The molecule has 0 amide bonds. The summed E-state index contributed by atoms with van der Waals surface area (Å²) >= 11 is 3.35. The molecule has 0 spiro atoms. The van der Waals surface area contributed by atoms with Gasteiger partial charge in [0.2, 0.25) is 0 Å². The van der Waals surface area contributed by atoms with Crippen LogP contribution in [0, 0.1) is 5.92 Å². The van der Waals surface area contributed by atoms with Crippen LogP contribution in [0.2, 0.25) is 0 Å². The molecule has 1 N–H and O–H groups in total. The van der Waals surface area contributed by atoms with Gasteiger partial charge in [-0.25, -0.2) is 4.68 Å². The van der Waals surface area contributed by atoms with Crippen molar-refractivity contribution in [2.45, 2.75) is 32.7 Å². The fraction of sp³-hybridized carbons (Fsp3) is 0.692. The molecule has 1 saturated carbocycles. The van der Waals surface area contributed by atoms with Gasteiger partial charge in [0.05, 0.1) is 10.7 Å². The van der Waals surface area contributed by atoms with Gasteiger partial charge >= 0.3 is 0 Å². The van der Waals surface area contributed by atoms with Gasteiger partial charge in [0.1, 0.15) is 5.69 Å². The summed E-state index contributed by atoms with van der Waals surface area (Å²) in [5.74, 6) is 1.78. The summed E-state index contributed by atoms with van der Waals surface area (Å²) in [6, 6.07) is 0. The number of rotatable bonds is 7. The van der Waals surface area contributed by atoms with E-state index in [1.807, 2.05) is 6.92 Å². The molecule has 2 rings (SSSR count). The normalized spacial score (nSPS) is 16.7. The van der Waals surface area contributed by atoms with Crippen molar-refractivity contribution in [2.24, 2.45) is 5.92 Å². The highest BCUT2D eigenvalue weighted by Gasteiger charge is 2.20. The van der Waals surface area contributed by atoms with E-state index in [-0.39, 0.29) is 5.56 Å². The van der Waals surface area contributed by atoms with Crippen molar-refractivity contribution >= 4 is 32.4 Å². The predicted molar refractivity (Wildman–Crippen MR) is 85.6 cm³/mol. The second-order valence-corrected chi connectivity index (χ2v) is 7.73. The maximum atomic E-state index is 12.3. The van der Waals surface area contributed by atoms with Gasteiger partial charge in [0.15, 0.2) is 0 Å². The molecule has 1 aromatic heterocycles. The molecule has 5 nitrogen and oxygen atoms in total. The topological polar surface area (TPSA) is 64.0 Å². The third-order valence-electron chi connectivity index (χ3n) is 3.61. The molecule has 0 saturated heterocycles. The minimum Gasteiger partial charge on any atom is -0.379 e. The average Bonchev–Trinajstić information content (AvgIpc) is 2.39. The van der Waals surface area contributed by atoms with Crippen LogP contribution in [0.25, 0.3) is 0 Å². The Bertz CT molecular complexity index is 543. The quantitative estimate of drug-likeness (QED) is 0.806. The van der Waals surface area contributed by atoms with Gasteiger partial charge in [-0.05, 0) is 34.7 Å². The van der Waals surface area contributed by atoms with E-state index >= 15 is 0 Å². The van der Waals surface area contributed by atoms with Gasteiger partial charge < -0.3 is 5.32 Å². The number of halogens is 1. The Hall–Kier alpha value is -0.690. The first-order valence-electron chi connectivity index (χ1n) is 6.96. The van der Waals surface area contributed by atoms with Crippen LogP contribution in [0.15, 0.2) is 15.5 Å². The molecule has 1 heterocycles. The smallest absolute Gasteiger partial charge is 0.291 e. The molecule has 1 aliphatic carbocycles. The minimum atomic E-state index is -0.823. The lowest BCUT2D eigenvalue weighted by Gasteiger charge is -2.25. The molecule has 0 aromatic carbocycles. The Morgan fingerprint density at radius 1 is 1.55 bits per heavy atom. The van der Waals surface area contributed by atoms with Crippen LogP contribution in [0.3, 0.4) is 0 Å². The van der Waals surface area contributed by atoms with Gasteiger partial charge in [-0.15, -0.1) is 0 Å². The third kappa shape index (κ3) is 3.91. The van der Waals surface area contributed by atoms with Crippen LogP contribution in [-0.2, 0) is 17.3 Å². The van der Waals surface area contributed by atoms with E-state index in [9.17, 15) is 9.00 Å². The number of hydrogen-bond acceptors (Lipinski definition) is 4. The maximum Gasteiger partial charge on any atom is 0.291 e. The SMILES string of the molecule is CCS(=O)CCNc1c(Br)cnn(CC2CCC2)c1=O. The van der Waals surface area contributed by atoms with Crippen molar-refractivity contribution in [3.05, 3.63) is 21.0 Å². The molecular weight excluding hydrogens is 342 g/mol. The van der Waals surface area contributed by atoms with E-state index in [0.717, 1.165) is 0 Å². The Balaban J connectivity index is 2.04. The molecular formula is C13H20BrN3O2S. The van der Waals surface area contributed by atoms with E-state index in [4.69, 9.17) is 0 Å². The number of anilines is 1. The third-order valence-corrected chi connectivity index (χ3v) is 5.51. The lowest BCUT2D eigenvalue weighted by atomic mass is 9.85. The zero-order valence-corrected chi connectivity index (χ0v) is 14.0. The second kappa shape index (κ2) is 7.36. The van der Waals surface area contributed by atoms with Crippen LogP contribution in [-0.4, -0.2) is 32.0 Å². The Kier molecular flexibility index (Phi) is 5.77. The standard InChI is InChI=1S/C13H20BrN3O2S/c1-2-20(19)7-6-15-12-11(14)8-16-17(13(12)18)9-10-4-3-5-10/h8,10,15H,2-7,9H2,1H3. The van der Waals surface area contributed by atoms with Gasteiger partial charge in [-0.2, -0.15) is 5.10 Å². The number of hydrogen-bond donors (Lipinski definition) is 1. The average molecular weight is 362 g/mol. The first kappa shape index (κ1) is 15.7. The number of aromatic nitrogens is 2. The zero-order chi connectivity index (χ0) is 14.5. The molecule has 0 radical (unpaired) electrons. The van der Waals surface area contributed by atoms with Gasteiger partial charge in [-0.1, -0.05) is 13.3 Å². The summed E-state index contributed by atoms with van der Waals surface area (Å²) in [7, 11) is -0.823. The summed E-state index contributed by atoms with van der Waals surface area (Å²) in [6.45, 7) is 3.12. The fourth-order valence-corrected chi connectivity index (χ4v) is 3.13. The van der Waals surface area contributed by atoms with E-state index in [2.05, 4.69) is 26.3 Å². The van der Waals surface area contributed by atoms with Crippen molar-refractivity contribution in [3.8, 4) is 0 Å². The molecule has 1 aliphatic rings. The second-order valence-electron chi connectivity index (χ2n) is 5.01. The number of nitrogens with zero attached hydrogens (tertiary/aromatic N) is 2. The van der Waals surface area contributed by atoms with Crippen LogP contribution < -0.4 is 10.9 Å². The molecule has 20 heavy (non-hydrogen) atoms. The van der Waals surface area contributed by atoms with Crippen LogP contribution in [0.4, 0.5) is 5.69 Å². The molecule has 1 unspecified atom stereocenters. The molecule has 112 valence electrons. The van der Waals surface area contributed by atoms with Crippen LogP contribution in [0.5, 0.6) is 0 Å². The van der Waals surface area contributed by atoms with Gasteiger partial charge in [0.25, 0.3) is 5.56 Å². The molecule has 1 aromatic rings. The molecule has 1 atom stereocenters. The van der Waals surface area contributed by atoms with Crippen LogP contribution >= 0.6 is 15.9 Å². The van der Waals surface area contributed by atoms with Crippen molar-refractivity contribution in [2.75, 3.05) is 23.4 Å². The van der Waals surface area contributed by atoms with Crippen molar-refractivity contribution in [3.63, 3.8) is 0 Å². The Morgan fingerprint density at radius 3 is 2.90 bits per heavy atom. The molecule has 0 aliphatic heterocycles. The van der Waals surface area contributed by atoms with E-state index in [1.165, 1.54) is 23.9 Å². The highest BCUT2D eigenvalue weighted by Crippen LogP contribution is 2.27. The summed E-state index contributed by atoms with van der Waals surface area (Å²) < 4.78 is 13.6. The van der Waals surface area contributed by atoms with Crippen molar-refractivity contribution in [1.82, 2.24) is 9.78 Å². The van der Waals surface area contributed by atoms with E-state index < -0.39 is 10.8 Å². The first-order chi connectivity index (χ1) is 9.61. The van der Waals surface area contributed by atoms with Crippen molar-refractivity contribution < 1.29 is 4.21 Å². The Morgan fingerprint density at radius 2 is 2.30 bits per heavy atom. The highest BCUT2D eigenvalue weighted by atomic mass is 79.9. The lowest BCUT2D eigenvalue weighted by molar-refractivity contribution is 0.262. The molecule has 0 bridgehead atoms. The van der Waals surface area contributed by atoms with Gasteiger partial charge in [0, 0.05) is 35.4 Å². The number of nitrogens with one attached hydrogen (secondary N) is 1. The summed E-state index contributed by atoms with van der Waals surface area (Å²) in [6.07, 6.45) is 5.27. The summed E-state index contributed by atoms with van der Waals surface area (Å²) in [4.78, 5) is 12.3.